The van der Waals surface area contributed by atoms with Crippen molar-refractivity contribution in [2.24, 2.45) is 0 Å². The van der Waals surface area contributed by atoms with Gasteiger partial charge >= 0.3 is 0 Å². The van der Waals surface area contributed by atoms with Crippen molar-refractivity contribution in [1.82, 2.24) is 4.72 Å². The maximum Gasteiger partial charge on any atom is 0.241 e. The van der Waals surface area contributed by atoms with Crippen molar-refractivity contribution in [2.75, 3.05) is 13.2 Å². The van der Waals surface area contributed by atoms with Crippen LogP contribution in [0.5, 0.6) is 0 Å². The first-order valence-corrected chi connectivity index (χ1v) is 7.25. The molecule has 1 fully saturated rings. The average molecular weight is 271 g/mol. The van der Waals surface area contributed by atoms with Crippen LogP contribution in [0.15, 0.2) is 29.2 Å². The van der Waals surface area contributed by atoms with Gasteiger partial charge in [-0.25, -0.2) is 13.1 Å². The minimum absolute atomic E-state index is 0.169. The number of hydrogen-bond donors (Lipinski definition) is 2. The first kappa shape index (κ1) is 13.5. The number of hydrogen-bond acceptors (Lipinski definition) is 4. The van der Waals surface area contributed by atoms with Crippen LogP contribution in [0.25, 0.3) is 0 Å². The van der Waals surface area contributed by atoms with Gasteiger partial charge in [-0.3, -0.25) is 0 Å². The molecule has 1 saturated heterocycles. The first-order chi connectivity index (χ1) is 8.45. The first-order valence-electron chi connectivity index (χ1n) is 5.77. The minimum Gasteiger partial charge on any atom is -0.392 e. The van der Waals surface area contributed by atoms with Gasteiger partial charge in [-0.2, -0.15) is 0 Å². The summed E-state index contributed by atoms with van der Waals surface area (Å²) >= 11 is 0. The highest BCUT2D eigenvalue weighted by Crippen LogP contribution is 2.21. The molecule has 1 aromatic carbocycles. The molecule has 0 amide bonds. The molecule has 2 rings (SSSR count). The van der Waals surface area contributed by atoms with Gasteiger partial charge in [0.15, 0.2) is 0 Å². The van der Waals surface area contributed by atoms with Crippen LogP contribution in [0, 0.1) is 0 Å². The van der Waals surface area contributed by atoms with Gasteiger partial charge < -0.3 is 9.84 Å². The molecule has 0 spiro atoms. The van der Waals surface area contributed by atoms with Gasteiger partial charge in [-0.1, -0.05) is 12.1 Å². The van der Waals surface area contributed by atoms with Crippen LogP contribution in [0.3, 0.4) is 0 Å². The van der Waals surface area contributed by atoms with Gasteiger partial charge in [-0.05, 0) is 31.0 Å². The second-order valence-corrected chi connectivity index (χ2v) is 6.46. The smallest absolute Gasteiger partial charge is 0.241 e. The second kappa shape index (κ2) is 4.97. The van der Waals surface area contributed by atoms with E-state index >= 15 is 0 Å². The van der Waals surface area contributed by atoms with E-state index < -0.39 is 15.6 Å². The molecule has 0 bridgehead atoms. The molecule has 6 heteroatoms. The lowest BCUT2D eigenvalue weighted by atomic mass is 10.0. The zero-order chi connectivity index (χ0) is 13.2. The average Bonchev–Trinajstić information content (AvgIpc) is 2.75. The molecular formula is C12H17NO4S. The molecule has 2 N–H and O–H groups in total. The predicted octanol–water partition coefficient (Wildman–Crippen LogP) is 0.636. The Bertz CT molecular complexity index is 521. The van der Waals surface area contributed by atoms with Gasteiger partial charge in [0.2, 0.25) is 10.0 Å². The van der Waals surface area contributed by atoms with Gasteiger partial charge in [-0.15, -0.1) is 0 Å². The number of rotatable bonds is 4. The lowest BCUT2D eigenvalue weighted by molar-refractivity contribution is 0.178. The van der Waals surface area contributed by atoms with E-state index in [1.165, 1.54) is 12.1 Å². The highest BCUT2D eigenvalue weighted by atomic mass is 32.2. The summed E-state index contributed by atoms with van der Waals surface area (Å²) in [6.45, 7) is 2.60. The van der Waals surface area contributed by atoms with Crippen LogP contribution in [0.4, 0.5) is 0 Å². The van der Waals surface area contributed by atoms with E-state index in [0.29, 0.717) is 25.2 Å². The van der Waals surface area contributed by atoms with Crippen LogP contribution < -0.4 is 4.72 Å². The molecule has 100 valence electrons. The molecule has 18 heavy (non-hydrogen) atoms. The van der Waals surface area contributed by atoms with Crippen molar-refractivity contribution in [2.45, 2.75) is 30.4 Å². The molecule has 1 aromatic rings. The Morgan fingerprint density at radius 2 is 2.28 bits per heavy atom. The van der Waals surface area contributed by atoms with Gasteiger partial charge in [0.05, 0.1) is 23.6 Å². The molecule has 1 aliphatic heterocycles. The minimum atomic E-state index is -3.58. The fraction of sp³-hybridized carbons (Fsp3) is 0.500. The highest BCUT2D eigenvalue weighted by Gasteiger charge is 2.34. The molecule has 0 aromatic heterocycles. The number of ether oxygens (including phenoxy) is 1. The fourth-order valence-corrected chi connectivity index (χ4v) is 3.43. The van der Waals surface area contributed by atoms with Crippen molar-refractivity contribution in [3.05, 3.63) is 29.8 Å². The number of sulfonamides is 1. The molecule has 1 heterocycles. The van der Waals surface area contributed by atoms with Crippen molar-refractivity contribution in [3.63, 3.8) is 0 Å². The Morgan fingerprint density at radius 3 is 2.89 bits per heavy atom. The van der Waals surface area contributed by atoms with Crippen molar-refractivity contribution in [3.8, 4) is 0 Å². The van der Waals surface area contributed by atoms with Gasteiger partial charge in [0.25, 0.3) is 0 Å². The van der Waals surface area contributed by atoms with Gasteiger partial charge in [0.1, 0.15) is 0 Å². The molecule has 1 unspecified atom stereocenters. The molecule has 1 atom stereocenters. The van der Waals surface area contributed by atoms with E-state index in [1.807, 2.05) is 6.92 Å². The molecule has 0 saturated carbocycles. The Hall–Kier alpha value is -0.950. The maximum atomic E-state index is 12.2. The predicted molar refractivity (Wildman–Crippen MR) is 66.5 cm³/mol. The normalized spacial score (nSPS) is 24.3. The number of benzene rings is 1. The van der Waals surface area contributed by atoms with Crippen LogP contribution in [0.2, 0.25) is 0 Å². The van der Waals surface area contributed by atoms with E-state index in [2.05, 4.69) is 4.72 Å². The molecule has 0 radical (unpaired) electrons. The summed E-state index contributed by atoms with van der Waals surface area (Å²) in [6.07, 6.45) is 0.659. The number of nitrogens with one attached hydrogen (secondary N) is 1. The number of aliphatic hydroxyl groups is 1. The maximum absolute atomic E-state index is 12.2. The van der Waals surface area contributed by atoms with E-state index in [1.54, 1.807) is 12.1 Å². The summed E-state index contributed by atoms with van der Waals surface area (Å²) in [5.74, 6) is 0. The molecule has 0 aliphatic carbocycles. The SMILES string of the molecule is CC1(NS(=O)(=O)c2cccc(CO)c2)CCOC1. The second-order valence-electron chi connectivity index (χ2n) is 4.77. The highest BCUT2D eigenvalue weighted by molar-refractivity contribution is 7.89. The van der Waals surface area contributed by atoms with Crippen LogP contribution in [0.1, 0.15) is 18.9 Å². The lowest BCUT2D eigenvalue weighted by Crippen LogP contribution is -2.46. The third kappa shape index (κ3) is 2.89. The van der Waals surface area contributed by atoms with Crippen molar-refractivity contribution in [1.29, 1.82) is 0 Å². The van der Waals surface area contributed by atoms with E-state index in [9.17, 15) is 8.42 Å². The Kier molecular flexibility index (Phi) is 3.72. The monoisotopic (exact) mass is 271 g/mol. The summed E-state index contributed by atoms with van der Waals surface area (Å²) in [6, 6.07) is 6.29. The van der Waals surface area contributed by atoms with Crippen molar-refractivity contribution < 1.29 is 18.3 Å². The Morgan fingerprint density at radius 1 is 1.50 bits per heavy atom. The van der Waals surface area contributed by atoms with Crippen LogP contribution in [-0.4, -0.2) is 32.3 Å². The summed E-state index contributed by atoms with van der Waals surface area (Å²) in [5, 5.41) is 9.03. The zero-order valence-electron chi connectivity index (χ0n) is 10.2. The zero-order valence-corrected chi connectivity index (χ0v) is 11.0. The third-order valence-corrected chi connectivity index (χ3v) is 4.63. The van der Waals surface area contributed by atoms with E-state index in [4.69, 9.17) is 9.84 Å². The largest absolute Gasteiger partial charge is 0.392 e. The summed E-state index contributed by atoms with van der Waals surface area (Å²) in [7, 11) is -3.58. The van der Waals surface area contributed by atoms with Crippen LogP contribution in [-0.2, 0) is 21.4 Å². The Balaban J connectivity index is 2.24. The molecule has 5 nitrogen and oxygen atoms in total. The standard InChI is InChI=1S/C12H17NO4S/c1-12(5-6-17-9-12)13-18(15,16)11-4-2-3-10(7-11)8-14/h2-4,7,13-14H,5-6,8-9H2,1H3. The summed E-state index contributed by atoms with van der Waals surface area (Å²) in [5.41, 5.74) is 0.0272. The number of aliphatic hydroxyl groups excluding tert-OH is 1. The van der Waals surface area contributed by atoms with E-state index in [-0.39, 0.29) is 11.5 Å². The van der Waals surface area contributed by atoms with Crippen LogP contribution >= 0.6 is 0 Å². The summed E-state index contributed by atoms with van der Waals surface area (Å²) in [4.78, 5) is 0.169. The van der Waals surface area contributed by atoms with Gasteiger partial charge in [0, 0.05) is 6.61 Å². The third-order valence-electron chi connectivity index (χ3n) is 2.99. The fourth-order valence-electron chi connectivity index (χ4n) is 1.94. The van der Waals surface area contributed by atoms with Crippen molar-refractivity contribution >= 4 is 10.0 Å². The summed E-state index contributed by atoms with van der Waals surface area (Å²) < 4.78 is 32.3. The van der Waals surface area contributed by atoms with E-state index in [0.717, 1.165) is 0 Å². The Labute approximate surface area is 107 Å². The lowest BCUT2D eigenvalue weighted by Gasteiger charge is -2.23. The molecule has 1 aliphatic rings. The topological polar surface area (TPSA) is 75.6 Å². The quantitative estimate of drug-likeness (QED) is 0.842. The molecular weight excluding hydrogens is 254 g/mol.